The van der Waals surface area contributed by atoms with Crippen molar-refractivity contribution in [1.82, 2.24) is 4.90 Å². The lowest BCUT2D eigenvalue weighted by Gasteiger charge is -2.29. The summed E-state index contributed by atoms with van der Waals surface area (Å²) in [6.07, 6.45) is 7.79. The van der Waals surface area contributed by atoms with Crippen molar-refractivity contribution in [2.24, 2.45) is 5.41 Å². The van der Waals surface area contributed by atoms with Crippen molar-refractivity contribution in [2.75, 3.05) is 20.2 Å². The fourth-order valence-corrected chi connectivity index (χ4v) is 3.06. The van der Waals surface area contributed by atoms with Crippen LogP contribution in [0, 0.1) is 5.41 Å². The normalized spacial score (nSPS) is 18.0. The smallest absolute Gasteiger partial charge is 0.310 e. The van der Waals surface area contributed by atoms with Crippen LogP contribution < -0.4 is 0 Å². The first-order valence-electron chi connectivity index (χ1n) is 8.10. The van der Waals surface area contributed by atoms with Crippen LogP contribution in [0.15, 0.2) is 0 Å². The van der Waals surface area contributed by atoms with Gasteiger partial charge in [-0.05, 0) is 32.1 Å². The summed E-state index contributed by atoms with van der Waals surface area (Å²) < 4.78 is 0. The van der Waals surface area contributed by atoms with Gasteiger partial charge in [0.2, 0.25) is 5.91 Å². The fraction of sp³-hybridized carbons (Fsp3) is 0.875. The first-order chi connectivity index (χ1) is 10.0. The minimum absolute atomic E-state index is 0.0664. The first kappa shape index (κ1) is 18.0. The molecule has 2 N–H and O–H groups in total. The zero-order valence-corrected chi connectivity index (χ0v) is 13.1. The number of nitrogens with zero attached hydrogens (tertiary/aromatic N) is 1. The van der Waals surface area contributed by atoms with Gasteiger partial charge < -0.3 is 15.1 Å². The maximum Gasteiger partial charge on any atom is 0.310 e. The average Bonchev–Trinajstić information content (AvgIpc) is 2.70. The third-order valence-electron chi connectivity index (χ3n) is 4.58. The summed E-state index contributed by atoms with van der Waals surface area (Å²) in [7, 11) is 1.74. The monoisotopic (exact) mass is 299 g/mol. The first-order valence-corrected chi connectivity index (χ1v) is 8.10. The largest absolute Gasteiger partial charge is 0.481 e. The maximum atomic E-state index is 12.3. The molecule has 0 radical (unpaired) electrons. The Morgan fingerprint density at radius 2 is 1.67 bits per heavy atom. The molecule has 5 heteroatoms. The SMILES string of the molecule is CN(CCCCCO)C(=O)CC1(C(=O)O)CCCCCC1. The number of carbonyl (C=O) groups is 2. The summed E-state index contributed by atoms with van der Waals surface area (Å²) in [6.45, 7) is 0.814. The maximum absolute atomic E-state index is 12.3. The van der Waals surface area contributed by atoms with Gasteiger partial charge in [0.15, 0.2) is 0 Å². The van der Waals surface area contributed by atoms with E-state index in [2.05, 4.69) is 0 Å². The van der Waals surface area contributed by atoms with Crippen molar-refractivity contribution in [1.29, 1.82) is 0 Å². The molecule has 0 bridgehead atoms. The number of aliphatic carboxylic acids is 1. The zero-order valence-electron chi connectivity index (χ0n) is 13.1. The van der Waals surface area contributed by atoms with E-state index in [0.717, 1.165) is 44.9 Å². The highest BCUT2D eigenvalue weighted by atomic mass is 16.4. The number of hydrogen-bond acceptors (Lipinski definition) is 3. The Morgan fingerprint density at radius 3 is 2.19 bits per heavy atom. The minimum Gasteiger partial charge on any atom is -0.481 e. The van der Waals surface area contributed by atoms with E-state index in [0.29, 0.717) is 19.4 Å². The fourth-order valence-electron chi connectivity index (χ4n) is 3.06. The topological polar surface area (TPSA) is 77.8 Å². The van der Waals surface area contributed by atoms with E-state index in [9.17, 15) is 14.7 Å². The summed E-state index contributed by atoms with van der Waals surface area (Å²) in [5.41, 5.74) is -0.854. The van der Waals surface area contributed by atoms with Crippen LogP contribution in [0.4, 0.5) is 0 Å². The average molecular weight is 299 g/mol. The number of aliphatic hydroxyl groups excluding tert-OH is 1. The van der Waals surface area contributed by atoms with Crippen molar-refractivity contribution >= 4 is 11.9 Å². The molecule has 1 aliphatic rings. The third-order valence-corrected chi connectivity index (χ3v) is 4.58. The van der Waals surface area contributed by atoms with Crippen molar-refractivity contribution in [3.05, 3.63) is 0 Å². The number of amides is 1. The van der Waals surface area contributed by atoms with Gasteiger partial charge >= 0.3 is 5.97 Å². The highest BCUT2D eigenvalue weighted by Crippen LogP contribution is 2.38. The molecule has 0 aromatic heterocycles. The van der Waals surface area contributed by atoms with Crippen LogP contribution in [-0.4, -0.2) is 47.2 Å². The molecule has 1 aliphatic carbocycles. The van der Waals surface area contributed by atoms with Crippen molar-refractivity contribution < 1.29 is 19.8 Å². The van der Waals surface area contributed by atoms with Crippen LogP contribution in [0.2, 0.25) is 0 Å². The van der Waals surface area contributed by atoms with E-state index in [4.69, 9.17) is 5.11 Å². The number of carboxylic acid groups (broad SMARTS) is 1. The van der Waals surface area contributed by atoms with Gasteiger partial charge in [0, 0.05) is 26.6 Å². The molecular weight excluding hydrogens is 270 g/mol. The van der Waals surface area contributed by atoms with E-state index >= 15 is 0 Å². The standard InChI is InChI=1S/C16H29NO4/c1-17(11-7-4-8-12-18)14(19)13-16(15(20)21)9-5-2-3-6-10-16/h18H,2-13H2,1H3,(H,20,21). The molecule has 1 rings (SSSR count). The minimum atomic E-state index is -0.854. The van der Waals surface area contributed by atoms with E-state index in [-0.39, 0.29) is 18.9 Å². The molecule has 122 valence electrons. The molecule has 5 nitrogen and oxygen atoms in total. The molecule has 0 aromatic rings. The predicted molar refractivity (Wildman–Crippen MR) is 81.0 cm³/mol. The number of aliphatic hydroxyl groups is 1. The summed E-state index contributed by atoms with van der Waals surface area (Å²) in [5.74, 6) is -0.880. The van der Waals surface area contributed by atoms with Crippen molar-refractivity contribution in [2.45, 2.75) is 64.2 Å². The number of carbonyl (C=O) groups excluding carboxylic acids is 1. The van der Waals surface area contributed by atoms with Crippen molar-refractivity contribution in [3.63, 3.8) is 0 Å². The van der Waals surface area contributed by atoms with Crippen LogP contribution in [0.25, 0.3) is 0 Å². The van der Waals surface area contributed by atoms with Gasteiger partial charge in [0.25, 0.3) is 0 Å². The molecule has 1 saturated carbocycles. The Bertz CT molecular complexity index is 335. The van der Waals surface area contributed by atoms with E-state index in [1.165, 1.54) is 0 Å². The molecular formula is C16H29NO4. The summed E-state index contributed by atoms with van der Waals surface area (Å²) in [4.78, 5) is 25.6. The Hall–Kier alpha value is -1.10. The van der Waals surface area contributed by atoms with E-state index in [1.807, 2.05) is 0 Å². The lowest BCUT2D eigenvalue weighted by molar-refractivity contribution is -0.154. The second-order valence-corrected chi connectivity index (χ2v) is 6.28. The van der Waals surface area contributed by atoms with Crippen LogP contribution in [0.1, 0.15) is 64.2 Å². The number of rotatable bonds is 8. The van der Waals surface area contributed by atoms with Gasteiger partial charge in [0.1, 0.15) is 0 Å². The van der Waals surface area contributed by atoms with Crippen LogP contribution in [0.3, 0.4) is 0 Å². The highest BCUT2D eigenvalue weighted by Gasteiger charge is 2.41. The Morgan fingerprint density at radius 1 is 1.05 bits per heavy atom. The summed E-state index contributed by atoms with van der Waals surface area (Å²) >= 11 is 0. The summed E-state index contributed by atoms with van der Waals surface area (Å²) in [5, 5.41) is 18.3. The second kappa shape index (κ2) is 9.03. The molecule has 0 aliphatic heterocycles. The van der Waals surface area contributed by atoms with Crippen molar-refractivity contribution in [3.8, 4) is 0 Å². The Labute approximate surface area is 127 Å². The Balaban J connectivity index is 2.53. The summed E-state index contributed by atoms with van der Waals surface area (Å²) in [6, 6.07) is 0. The molecule has 0 atom stereocenters. The van der Waals surface area contributed by atoms with Crippen LogP contribution in [0.5, 0.6) is 0 Å². The van der Waals surface area contributed by atoms with Gasteiger partial charge in [-0.25, -0.2) is 0 Å². The van der Waals surface area contributed by atoms with Gasteiger partial charge in [-0.2, -0.15) is 0 Å². The molecule has 0 aromatic carbocycles. The van der Waals surface area contributed by atoms with Gasteiger partial charge in [-0.1, -0.05) is 25.7 Å². The lowest BCUT2D eigenvalue weighted by Crippen LogP contribution is -2.38. The predicted octanol–water partition coefficient (Wildman–Crippen LogP) is 2.42. The Kier molecular flexibility index (Phi) is 7.72. The van der Waals surface area contributed by atoms with Gasteiger partial charge in [0.05, 0.1) is 5.41 Å². The van der Waals surface area contributed by atoms with Gasteiger partial charge in [-0.3, -0.25) is 9.59 Å². The van der Waals surface area contributed by atoms with Crippen LogP contribution in [-0.2, 0) is 9.59 Å². The molecule has 0 spiro atoms. The lowest BCUT2D eigenvalue weighted by atomic mass is 9.77. The molecule has 0 heterocycles. The second-order valence-electron chi connectivity index (χ2n) is 6.28. The molecule has 0 saturated heterocycles. The molecule has 21 heavy (non-hydrogen) atoms. The van der Waals surface area contributed by atoms with Crippen LogP contribution >= 0.6 is 0 Å². The number of hydrogen-bond donors (Lipinski definition) is 2. The van der Waals surface area contributed by atoms with E-state index in [1.54, 1.807) is 11.9 Å². The number of carboxylic acids is 1. The van der Waals surface area contributed by atoms with Gasteiger partial charge in [-0.15, -0.1) is 0 Å². The zero-order chi connectivity index (χ0) is 15.7. The van der Waals surface area contributed by atoms with E-state index < -0.39 is 11.4 Å². The molecule has 1 amide bonds. The quantitative estimate of drug-likeness (QED) is 0.533. The number of unbranched alkanes of at least 4 members (excludes halogenated alkanes) is 2. The molecule has 1 fully saturated rings. The molecule has 0 unspecified atom stereocenters. The third kappa shape index (κ3) is 5.65. The highest BCUT2D eigenvalue weighted by molar-refractivity contribution is 5.84.